The number of aliphatic hydroxyl groups is 1. The summed E-state index contributed by atoms with van der Waals surface area (Å²) in [5.74, 6) is 0. The van der Waals surface area contributed by atoms with E-state index in [1.165, 1.54) is 0 Å². The van der Waals surface area contributed by atoms with Gasteiger partial charge in [0.15, 0.2) is 0 Å². The first kappa shape index (κ1) is 13.3. The molecular weight excluding hydrogens is 244 g/mol. The minimum absolute atomic E-state index is 0.0591. The average Bonchev–Trinajstić information content (AvgIpc) is 2.85. The first-order valence-corrected chi connectivity index (χ1v) is 6.06. The Kier molecular flexibility index (Phi) is 4.30. The lowest BCUT2D eigenvalue weighted by molar-refractivity contribution is 0.268. The van der Waals surface area contributed by atoms with Gasteiger partial charge in [0, 0.05) is 20.3 Å². The number of anilines is 2. The SMILES string of the molecule is CN(C)c1ccncc1NCc1cn(CCO)nn1. The Morgan fingerprint density at radius 3 is 3.00 bits per heavy atom. The maximum atomic E-state index is 8.82. The van der Waals surface area contributed by atoms with E-state index in [4.69, 9.17) is 5.11 Å². The lowest BCUT2D eigenvalue weighted by atomic mass is 10.3. The molecule has 0 saturated carbocycles. The molecule has 19 heavy (non-hydrogen) atoms. The number of nitrogens with zero attached hydrogens (tertiary/aromatic N) is 5. The Bertz CT molecular complexity index is 524. The molecule has 0 radical (unpaired) electrons. The van der Waals surface area contributed by atoms with Gasteiger partial charge in [-0.15, -0.1) is 5.10 Å². The number of pyridine rings is 1. The second-order valence-electron chi connectivity index (χ2n) is 4.34. The topological polar surface area (TPSA) is 79.1 Å². The quantitative estimate of drug-likeness (QED) is 0.781. The summed E-state index contributed by atoms with van der Waals surface area (Å²) >= 11 is 0. The molecule has 0 aliphatic carbocycles. The van der Waals surface area contributed by atoms with Crippen molar-refractivity contribution in [2.75, 3.05) is 30.9 Å². The van der Waals surface area contributed by atoms with Crippen LogP contribution < -0.4 is 10.2 Å². The number of hydrogen-bond donors (Lipinski definition) is 2. The zero-order valence-corrected chi connectivity index (χ0v) is 11.1. The van der Waals surface area contributed by atoms with Crippen LogP contribution in [0.25, 0.3) is 0 Å². The molecule has 2 N–H and O–H groups in total. The molecule has 102 valence electrons. The molecule has 0 aromatic carbocycles. The highest BCUT2D eigenvalue weighted by Crippen LogP contribution is 2.22. The van der Waals surface area contributed by atoms with Crippen molar-refractivity contribution in [3.8, 4) is 0 Å². The van der Waals surface area contributed by atoms with E-state index in [0.717, 1.165) is 17.1 Å². The predicted molar refractivity (Wildman–Crippen MR) is 73.0 cm³/mol. The number of nitrogens with one attached hydrogen (secondary N) is 1. The van der Waals surface area contributed by atoms with E-state index in [1.54, 1.807) is 17.1 Å². The third-order valence-corrected chi connectivity index (χ3v) is 2.66. The standard InChI is InChI=1S/C12H18N6O/c1-17(2)12-3-4-13-8-11(12)14-7-10-9-18(5-6-19)16-15-10/h3-4,8-9,14,19H,5-7H2,1-2H3. The second-order valence-corrected chi connectivity index (χ2v) is 4.34. The van der Waals surface area contributed by atoms with Gasteiger partial charge in [-0.25, -0.2) is 4.68 Å². The van der Waals surface area contributed by atoms with E-state index in [9.17, 15) is 0 Å². The van der Waals surface area contributed by atoms with Gasteiger partial charge in [0.25, 0.3) is 0 Å². The molecule has 0 fully saturated rings. The molecule has 2 aromatic heterocycles. The van der Waals surface area contributed by atoms with Crippen molar-refractivity contribution in [1.29, 1.82) is 0 Å². The van der Waals surface area contributed by atoms with Gasteiger partial charge in [-0.1, -0.05) is 5.21 Å². The summed E-state index contributed by atoms with van der Waals surface area (Å²) < 4.78 is 1.62. The van der Waals surface area contributed by atoms with Gasteiger partial charge in [0.05, 0.1) is 43.5 Å². The van der Waals surface area contributed by atoms with Gasteiger partial charge in [-0.2, -0.15) is 0 Å². The largest absolute Gasteiger partial charge is 0.394 e. The molecule has 0 spiro atoms. The van der Waals surface area contributed by atoms with Gasteiger partial charge in [-0.05, 0) is 6.07 Å². The highest BCUT2D eigenvalue weighted by Gasteiger charge is 2.05. The van der Waals surface area contributed by atoms with Crippen LogP contribution in [0, 0.1) is 0 Å². The van der Waals surface area contributed by atoms with Gasteiger partial charge < -0.3 is 15.3 Å². The molecule has 2 heterocycles. The highest BCUT2D eigenvalue weighted by atomic mass is 16.3. The minimum atomic E-state index is 0.0591. The Morgan fingerprint density at radius 1 is 1.42 bits per heavy atom. The summed E-state index contributed by atoms with van der Waals surface area (Å²) in [6.07, 6.45) is 5.36. The highest BCUT2D eigenvalue weighted by molar-refractivity contribution is 5.67. The lowest BCUT2D eigenvalue weighted by Crippen LogP contribution is -2.12. The Labute approximate surface area is 111 Å². The molecule has 0 atom stereocenters. The fourth-order valence-corrected chi connectivity index (χ4v) is 1.73. The summed E-state index contributed by atoms with van der Waals surface area (Å²) in [7, 11) is 3.97. The molecule has 0 aliphatic rings. The number of aromatic nitrogens is 4. The van der Waals surface area contributed by atoms with E-state index in [-0.39, 0.29) is 6.61 Å². The fraction of sp³-hybridized carbons (Fsp3) is 0.417. The molecule has 0 saturated heterocycles. The van der Waals surface area contributed by atoms with Crippen LogP contribution in [0.5, 0.6) is 0 Å². The van der Waals surface area contributed by atoms with Crippen molar-refractivity contribution >= 4 is 11.4 Å². The van der Waals surface area contributed by atoms with Crippen molar-refractivity contribution in [1.82, 2.24) is 20.0 Å². The maximum absolute atomic E-state index is 8.82. The van der Waals surface area contributed by atoms with E-state index in [0.29, 0.717) is 13.1 Å². The molecule has 2 aromatic rings. The molecular formula is C12H18N6O. The van der Waals surface area contributed by atoms with Crippen LogP contribution >= 0.6 is 0 Å². The first-order valence-electron chi connectivity index (χ1n) is 6.06. The Hall–Kier alpha value is -2.15. The lowest BCUT2D eigenvalue weighted by Gasteiger charge is -2.17. The average molecular weight is 262 g/mol. The number of hydrogen-bond acceptors (Lipinski definition) is 6. The molecule has 0 amide bonds. The van der Waals surface area contributed by atoms with E-state index in [2.05, 4.69) is 20.6 Å². The molecule has 2 rings (SSSR count). The van der Waals surface area contributed by atoms with Gasteiger partial charge >= 0.3 is 0 Å². The van der Waals surface area contributed by atoms with Crippen molar-refractivity contribution in [3.63, 3.8) is 0 Å². The molecule has 0 bridgehead atoms. The summed E-state index contributed by atoms with van der Waals surface area (Å²) in [6.45, 7) is 1.09. The summed E-state index contributed by atoms with van der Waals surface area (Å²) in [5.41, 5.74) is 2.84. The van der Waals surface area contributed by atoms with Crippen LogP contribution in [-0.4, -0.2) is 45.8 Å². The van der Waals surface area contributed by atoms with Gasteiger partial charge in [0.2, 0.25) is 0 Å². The molecule has 7 nitrogen and oxygen atoms in total. The zero-order valence-electron chi connectivity index (χ0n) is 11.1. The van der Waals surface area contributed by atoms with Crippen LogP contribution in [0.15, 0.2) is 24.7 Å². The van der Waals surface area contributed by atoms with Crippen LogP contribution in [0.2, 0.25) is 0 Å². The fourth-order valence-electron chi connectivity index (χ4n) is 1.73. The van der Waals surface area contributed by atoms with Crippen molar-refractivity contribution in [2.45, 2.75) is 13.1 Å². The van der Waals surface area contributed by atoms with Crippen LogP contribution in [-0.2, 0) is 13.1 Å². The zero-order chi connectivity index (χ0) is 13.7. The third kappa shape index (κ3) is 3.41. The van der Waals surface area contributed by atoms with Crippen LogP contribution in [0.3, 0.4) is 0 Å². The molecule has 0 unspecified atom stereocenters. The predicted octanol–water partition coefficient (Wildman–Crippen LogP) is 0.343. The molecule has 0 aliphatic heterocycles. The van der Waals surface area contributed by atoms with Crippen molar-refractivity contribution in [2.24, 2.45) is 0 Å². The smallest absolute Gasteiger partial charge is 0.102 e. The molecule has 7 heteroatoms. The summed E-state index contributed by atoms with van der Waals surface area (Å²) in [6, 6.07) is 1.95. The Balaban J connectivity index is 2.01. The van der Waals surface area contributed by atoms with Crippen LogP contribution in [0.1, 0.15) is 5.69 Å². The summed E-state index contributed by atoms with van der Waals surface area (Å²) in [4.78, 5) is 6.13. The Morgan fingerprint density at radius 2 is 2.26 bits per heavy atom. The third-order valence-electron chi connectivity index (χ3n) is 2.66. The minimum Gasteiger partial charge on any atom is -0.394 e. The maximum Gasteiger partial charge on any atom is 0.102 e. The van der Waals surface area contributed by atoms with Crippen molar-refractivity contribution in [3.05, 3.63) is 30.4 Å². The van der Waals surface area contributed by atoms with E-state index in [1.807, 2.05) is 31.3 Å². The normalized spacial score (nSPS) is 10.5. The monoisotopic (exact) mass is 262 g/mol. The van der Waals surface area contributed by atoms with Crippen LogP contribution in [0.4, 0.5) is 11.4 Å². The van der Waals surface area contributed by atoms with Gasteiger partial charge in [-0.3, -0.25) is 4.98 Å². The first-order chi connectivity index (χ1) is 9.20. The second kappa shape index (κ2) is 6.14. The summed E-state index contributed by atoms with van der Waals surface area (Å²) in [5, 5.41) is 20.0. The number of aliphatic hydroxyl groups excluding tert-OH is 1. The van der Waals surface area contributed by atoms with E-state index < -0.39 is 0 Å². The van der Waals surface area contributed by atoms with E-state index >= 15 is 0 Å². The number of rotatable bonds is 6. The van der Waals surface area contributed by atoms with Crippen molar-refractivity contribution < 1.29 is 5.11 Å². The van der Waals surface area contributed by atoms with Gasteiger partial charge in [0.1, 0.15) is 5.69 Å².